The number of aromatic amines is 2. The molecule has 1 aliphatic heterocycles. The molecule has 0 amide bonds. The minimum atomic E-state index is -5.16. The van der Waals surface area contributed by atoms with Gasteiger partial charge in [-0.3, -0.25) is 4.57 Å². The molecule has 0 spiro atoms. The van der Waals surface area contributed by atoms with Crippen molar-refractivity contribution in [3.8, 4) is 0 Å². The van der Waals surface area contributed by atoms with Crippen LogP contribution >= 0.6 is 19.2 Å². The maximum Gasteiger partial charge on any atom is 0.359 e. The Bertz CT molecular complexity index is 1580. The van der Waals surface area contributed by atoms with Crippen molar-refractivity contribution < 1.29 is 38.8 Å². The van der Waals surface area contributed by atoms with E-state index in [1.54, 1.807) is 0 Å². The Kier molecular flexibility index (Phi) is 8.81. The van der Waals surface area contributed by atoms with Crippen molar-refractivity contribution >= 4 is 36.0 Å². The van der Waals surface area contributed by atoms with Gasteiger partial charge in [-0.05, 0) is 24.4 Å². The Morgan fingerprint density at radius 2 is 1.84 bits per heavy atom. The Morgan fingerprint density at radius 3 is 2.52 bits per heavy atom. The molecule has 23 heteroatoms. The Labute approximate surface area is 252 Å². The van der Waals surface area contributed by atoms with Gasteiger partial charge in [0.2, 0.25) is 5.28 Å². The lowest BCUT2D eigenvalue weighted by atomic mass is 10.1. The number of fused-ring (bicyclic) bond motifs is 1. The third-order valence-corrected chi connectivity index (χ3v) is 9.17. The summed E-state index contributed by atoms with van der Waals surface area (Å²) in [7, 11) is -5.16. The van der Waals surface area contributed by atoms with Crippen molar-refractivity contribution in [3.05, 3.63) is 23.1 Å². The number of aromatic nitrogens is 12. The zero-order valence-electron chi connectivity index (χ0n) is 22.8. The van der Waals surface area contributed by atoms with Gasteiger partial charge in [0.25, 0.3) is 0 Å². The summed E-state index contributed by atoms with van der Waals surface area (Å²) in [5.74, 6) is 0.533. The maximum absolute atomic E-state index is 12.9. The second kappa shape index (κ2) is 12.6. The molecule has 0 unspecified atom stereocenters. The molecule has 1 saturated carbocycles. The van der Waals surface area contributed by atoms with Crippen molar-refractivity contribution in [2.75, 3.05) is 18.5 Å². The maximum atomic E-state index is 12.9. The molecule has 6 rings (SSSR count). The molecule has 44 heavy (non-hydrogen) atoms. The van der Waals surface area contributed by atoms with Gasteiger partial charge < -0.3 is 39.5 Å². The van der Waals surface area contributed by atoms with Crippen LogP contribution in [0.2, 0.25) is 5.28 Å². The van der Waals surface area contributed by atoms with E-state index < -0.39 is 57.1 Å². The molecule has 1 aliphatic carbocycles. The largest absolute Gasteiger partial charge is 0.387 e. The van der Waals surface area contributed by atoms with E-state index in [1.807, 2.05) is 0 Å². The first-order valence-corrected chi connectivity index (χ1v) is 15.5. The van der Waals surface area contributed by atoms with Crippen molar-refractivity contribution in [3.63, 3.8) is 0 Å². The van der Waals surface area contributed by atoms with E-state index in [-0.39, 0.29) is 35.2 Å². The summed E-state index contributed by atoms with van der Waals surface area (Å²) in [6, 6.07) is 0.224. The summed E-state index contributed by atoms with van der Waals surface area (Å²) in [6.45, 7) is -1.52. The minimum Gasteiger partial charge on any atom is -0.387 e. The molecule has 5 heterocycles. The fourth-order valence-corrected chi connectivity index (χ4v) is 6.24. The highest BCUT2D eigenvalue weighted by atomic mass is 35.5. The van der Waals surface area contributed by atoms with Gasteiger partial charge in [-0.1, -0.05) is 23.3 Å². The molecule has 4 aromatic heterocycles. The highest BCUT2D eigenvalue weighted by Gasteiger charge is 2.52. The summed E-state index contributed by atoms with van der Waals surface area (Å²) in [6.07, 6.45) is -0.451. The standard InChI is InChI=1S/C21H29ClN13O8P/c22-20-25-17(24-10-3-1-2-4-10)11-6-23-35(18(11)26-20)19-16(37)15(36)12(43-19)7-42-21(44(38,39)40,5-13-27-31-32-28-13)9-41-8-14-29-33-34-30-14/h6,10,12,15-16,19,36-37H,1-5,7-9H2,(H,24,25,26)(H2,38,39,40)(H,27,28,31,32)(H,29,30,33,34)/t12-,15-,16-,19-,21-/m1/s1. The third kappa shape index (κ3) is 6.28. The van der Waals surface area contributed by atoms with Crippen LogP contribution < -0.4 is 5.32 Å². The number of rotatable bonds is 13. The lowest BCUT2D eigenvalue weighted by molar-refractivity contribution is -0.119. The topological polar surface area (TPSA) is 290 Å². The summed E-state index contributed by atoms with van der Waals surface area (Å²) < 4.78 is 31.4. The van der Waals surface area contributed by atoms with Gasteiger partial charge in [0.05, 0.1) is 31.2 Å². The van der Waals surface area contributed by atoms with Gasteiger partial charge in [-0.15, -0.1) is 20.4 Å². The number of aliphatic hydroxyl groups is 2. The Balaban J connectivity index is 1.21. The number of tetrazole rings is 2. The molecule has 238 valence electrons. The third-order valence-electron chi connectivity index (χ3n) is 7.52. The first-order chi connectivity index (χ1) is 21.1. The van der Waals surface area contributed by atoms with Gasteiger partial charge >= 0.3 is 7.60 Å². The van der Waals surface area contributed by atoms with Crippen molar-refractivity contribution in [1.29, 1.82) is 0 Å². The highest BCUT2D eigenvalue weighted by molar-refractivity contribution is 7.53. The number of nitrogens with one attached hydrogen (secondary N) is 3. The molecule has 2 aliphatic rings. The number of aliphatic hydroxyl groups excluding tert-OH is 2. The summed E-state index contributed by atoms with van der Waals surface area (Å²) in [5, 5.41) is 54.0. The number of halogens is 1. The zero-order valence-corrected chi connectivity index (χ0v) is 24.5. The Hall–Kier alpha value is -3.27. The molecule has 21 nitrogen and oxygen atoms in total. The lowest BCUT2D eigenvalue weighted by Crippen LogP contribution is -2.44. The summed E-state index contributed by atoms with van der Waals surface area (Å²) in [5.41, 5.74) is 0.250. The van der Waals surface area contributed by atoms with E-state index >= 15 is 0 Å². The lowest BCUT2D eigenvalue weighted by Gasteiger charge is -2.34. The number of anilines is 1. The van der Waals surface area contributed by atoms with Gasteiger partial charge in [0, 0.05) is 6.04 Å². The highest BCUT2D eigenvalue weighted by Crippen LogP contribution is 2.53. The van der Waals surface area contributed by atoms with Crippen LogP contribution in [-0.4, -0.2) is 124 Å². The number of nitrogens with zero attached hydrogens (tertiary/aromatic N) is 10. The first kappa shape index (κ1) is 30.7. The molecule has 2 fully saturated rings. The van der Waals surface area contributed by atoms with Gasteiger partial charge in [0.15, 0.2) is 28.9 Å². The number of hydrogen-bond acceptors (Lipinski definition) is 16. The van der Waals surface area contributed by atoms with E-state index in [9.17, 15) is 24.6 Å². The van der Waals surface area contributed by atoms with Gasteiger partial charge in [0.1, 0.15) is 30.7 Å². The predicted octanol–water partition coefficient (Wildman–Crippen LogP) is -1.17. The van der Waals surface area contributed by atoms with Gasteiger partial charge in [-0.2, -0.15) is 25.5 Å². The van der Waals surface area contributed by atoms with E-state index in [0.29, 0.717) is 11.2 Å². The van der Waals surface area contributed by atoms with E-state index in [0.717, 1.165) is 25.7 Å². The Morgan fingerprint density at radius 1 is 1.11 bits per heavy atom. The summed E-state index contributed by atoms with van der Waals surface area (Å²) in [4.78, 5) is 29.4. The number of ether oxygens (including phenoxy) is 3. The number of hydrogen-bond donors (Lipinski definition) is 7. The first-order valence-electron chi connectivity index (χ1n) is 13.5. The molecule has 0 radical (unpaired) electrons. The van der Waals surface area contributed by atoms with Crippen LogP contribution in [0.4, 0.5) is 5.82 Å². The molecule has 5 atom stereocenters. The molecule has 1 saturated heterocycles. The van der Waals surface area contributed by atoms with Crippen molar-refractivity contribution in [1.82, 2.24) is 61.0 Å². The fourth-order valence-electron chi connectivity index (χ4n) is 5.23. The second-order valence-electron chi connectivity index (χ2n) is 10.5. The van der Waals surface area contributed by atoms with Crippen LogP contribution in [0.15, 0.2) is 6.20 Å². The monoisotopic (exact) mass is 657 g/mol. The van der Waals surface area contributed by atoms with E-state index in [4.69, 9.17) is 25.8 Å². The van der Waals surface area contributed by atoms with E-state index in [2.05, 4.69) is 61.6 Å². The van der Waals surface area contributed by atoms with E-state index in [1.165, 1.54) is 10.9 Å². The van der Waals surface area contributed by atoms with Crippen LogP contribution in [0.5, 0.6) is 0 Å². The molecule has 0 aromatic carbocycles. The van der Waals surface area contributed by atoms with Crippen LogP contribution in [0, 0.1) is 0 Å². The molecular formula is C21H29ClN13O8P. The summed E-state index contributed by atoms with van der Waals surface area (Å²) >= 11 is 6.22. The van der Waals surface area contributed by atoms with Crippen LogP contribution in [0.25, 0.3) is 11.0 Å². The molecule has 7 N–H and O–H groups in total. The zero-order chi connectivity index (χ0) is 30.9. The average molecular weight is 658 g/mol. The van der Waals surface area contributed by atoms with Crippen LogP contribution in [-0.2, 0) is 31.8 Å². The smallest absolute Gasteiger partial charge is 0.359 e. The average Bonchev–Trinajstić information content (AvgIpc) is 3.81. The normalized spacial score (nSPS) is 24.3. The molecular weight excluding hydrogens is 629 g/mol. The van der Waals surface area contributed by atoms with Gasteiger partial charge in [-0.25, -0.2) is 4.68 Å². The quantitative estimate of drug-likeness (QED) is 0.0658. The fraction of sp³-hybridized carbons (Fsp3) is 0.667. The van der Waals surface area contributed by atoms with Crippen LogP contribution in [0.1, 0.15) is 43.6 Å². The predicted molar refractivity (Wildman–Crippen MR) is 145 cm³/mol. The molecule has 0 bridgehead atoms. The number of H-pyrrole nitrogens is 2. The minimum absolute atomic E-state index is 0.0543. The van der Waals surface area contributed by atoms with Crippen LogP contribution in [0.3, 0.4) is 0 Å². The van der Waals surface area contributed by atoms with Crippen molar-refractivity contribution in [2.45, 2.75) is 74.6 Å². The molecule has 4 aromatic rings. The SMILES string of the molecule is O=P(O)(O)[C@@](COCc1nn[nH]n1)(Cc1nn[nH]n1)OC[C@H]1O[C@@H](n2ncc3c(NC4CCCC4)nc(Cl)nc32)[C@H](O)[C@@H]1O. The van der Waals surface area contributed by atoms with Crippen molar-refractivity contribution in [2.24, 2.45) is 0 Å². The second-order valence-corrected chi connectivity index (χ2v) is 12.7.